The Morgan fingerprint density at radius 3 is 2.56 bits per heavy atom. The number of amides is 1. The number of hydrogen-bond acceptors (Lipinski definition) is 6. The number of anilines is 2. The maximum absolute atomic E-state index is 12.7. The molecule has 4 aromatic rings. The van der Waals surface area contributed by atoms with Crippen molar-refractivity contribution in [3.63, 3.8) is 0 Å². The van der Waals surface area contributed by atoms with Crippen molar-refractivity contribution < 1.29 is 9.53 Å². The number of aryl methyl sites for hydroxylation is 1. The monoisotopic (exact) mass is 560 g/mol. The molecule has 1 fully saturated rings. The van der Waals surface area contributed by atoms with Crippen molar-refractivity contribution in [3.05, 3.63) is 82.9 Å². The number of aromatic nitrogens is 3. The molecular weight excluding hydrogens is 528 g/mol. The average molecular weight is 561 g/mol. The van der Waals surface area contributed by atoms with E-state index in [1.54, 1.807) is 24.6 Å². The number of methoxy groups -OCH3 is 1. The maximum atomic E-state index is 12.7. The van der Waals surface area contributed by atoms with Gasteiger partial charge in [-0.25, -0.2) is 4.98 Å². The summed E-state index contributed by atoms with van der Waals surface area (Å²) >= 11 is 7.53. The van der Waals surface area contributed by atoms with E-state index in [1.165, 1.54) is 0 Å². The van der Waals surface area contributed by atoms with Gasteiger partial charge in [-0.1, -0.05) is 26.8 Å². The van der Waals surface area contributed by atoms with Gasteiger partial charge in [0.25, 0.3) is 0 Å². The number of carbonyl (C=O) groups excluding carboxylic acids is 1. The minimum atomic E-state index is -0.537. The van der Waals surface area contributed by atoms with Crippen LogP contribution in [0.3, 0.4) is 0 Å². The maximum Gasteiger partial charge on any atom is 0.229 e. The summed E-state index contributed by atoms with van der Waals surface area (Å²) in [6, 6.07) is 13.5. The third kappa shape index (κ3) is 5.02. The summed E-state index contributed by atoms with van der Waals surface area (Å²) in [7, 11) is 1.60. The van der Waals surface area contributed by atoms with Gasteiger partial charge >= 0.3 is 0 Å². The lowest BCUT2D eigenvalue weighted by molar-refractivity contribution is -0.123. The van der Waals surface area contributed by atoms with Crippen molar-refractivity contribution in [1.82, 2.24) is 19.9 Å². The van der Waals surface area contributed by atoms with Gasteiger partial charge in [0.1, 0.15) is 5.75 Å². The highest BCUT2D eigenvalue weighted by Crippen LogP contribution is 2.45. The SMILES string of the molecule is COc1cc(N2C(=S)N[C@@H](c3ccccn3)[C@@H]2c2cc(C)n(-c3nccs3)c2C)ccc1NC(=O)C(C)(C)C. The Hall–Kier alpha value is -3.76. The molecule has 1 aliphatic heterocycles. The summed E-state index contributed by atoms with van der Waals surface area (Å²) in [4.78, 5) is 24.0. The zero-order valence-electron chi connectivity index (χ0n) is 22.9. The van der Waals surface area contributed by atoms with Crippen LogP contribution < -0.4 is 20.3 Å². The van der Waals surface area contributed by atoms with Crippen LogP contribution in [-0.2, 0) is 4.79 Å². The molecule has 0 unspecified atom stereocenters. The second kappa shape index (κ2) is 10.4. The van der Waals surface area contributed by atoms with Crippen LogP contribution in [0.25, 0.3) is 5.13 Å². The largest absolute Gasteiger partial charge is 0.494 e. The molecule has 10 heteroatoms. The van der Waals surface area contributed by atoms with E-state index in [4.69, 9.17) is 17.0 Å². The number of benzene rings is 1. The van der Waals surface area contributed by atoms with Crippen molar-refractivity contribution in [2.75, 3.05) is 17.3 Å². The standard InChI is InChI=1S/C29H32N6O2S2/c1-17-15-20(18(2)34(17)28-31-13-14-39-28)25-24(22-9-7-8-12-30-22)33-27(38)35(25)19-10-11-21(23(16-19)37-6)32-26(36)29(3,4)5/h7-16,24-25H,1-6H3,(H,32,36)(H,33,38)/t24-,25-/m0/s1. The first kappa shape index (κ1) is 26.8. The first-order valence-corrected chi connectivity index (χ1v) is 14.0. The second-order valence-electron chi connectivity index (χ2n) is 10.6. The van der Waals surface area contributed by atoms with Gasteiger partial charge in [-0.15, -0.1) is 11.3 Å². The molecule has 2 atom stereocenters. The molecule has 0 spiro atoms. The van der Waals surface area contributed by atoms with Crippen molar-refractivity contribution >= 4 is 45.9 Å². The fourth-order valence-corrected chi connectivity index (χ4v) is 6.00. The molecule has 8 nitrogen and oxygen atoms in total. The molecule has 1 aliphatic rings. The number of pyridine rings is 1. The van der Waals surface area contributed by atoms with Gasteiger partial charge < -0.3 is 20.3 Å². The molecule has 5 rings (SSSR count). The van der Waals surface area contributed by atoms with Gasteiger partial charge in [-0.2, -0.15) is 0 Å². The molecule has 1 aromatic carbocycles. The smallest absolute Gasteiger partial charge is 0.229 e. The summed E-state index contributed by atoms with van der Waals surface area (Å²) in [5.41, 5.74) is 5.12. The van der Waals surface area contributed by atoms with Gasteiger partial charge in [-0.05, 0) is 62.0 Å². The molecule has 2 N–H and O–H groups in total. The fraction of sp³-hybridized carbons (Fsp3) is 0.310. The fourth-order valence-electron chi connectivity index (χ4n) is 4.90. The van der Waals surface area contributed by atoms with Crippen LogP contribution in [0, 0.1) is 19.3 Å². The molecule has 4 heterocycles. The first-order chi connectivity index (χ1) is 18.6. The lowest BCUT2D eigenvalue weighted by Crippen LogP contribution is -2.30. The van der Waals surface area contributed by atoms with Gasteiger partial charge in [0.2, 0.25) is 5.91 Å². The van der Waals surface area contributed by atoms with Crippen molar-refractivity contribution in [2.45, 2.75) is 46.7 Å². The summed E-state index contributed by atoms with van der Waals surface area (Å²) in [6.07, 6.45) is 3.62. The number of carbonyl (C=O) groups is 1. The molecule has 0 radical (unpaired) electrons. The highest BCUT2D eigenvalue weighted by Gasteiger charge is 2.42. The Balaban J connectivity index is 1.62. The quantitative estimate of drug-likeness (QED) is 0.275. The van der Waals surface area contributed by atoms with Gasteiger partial charge in [0.05, 0.1) is 30.6 Å². The normalized spacial score (nSPS) is 17.3. The Labute approximate surface area is 238 Å². The van der Waals surface area contributed by atoms with E-state index in [9.17, 15) is 4.79 Å². The Bertz CT molecular complexity index is 1510. The van der Waals surface area contributed by atoms with Crippen LogP contribution in [0.2, 0.25) is 0 Å². The van der Waals surface area contributed by atoms with Crippen molar-refractivity contribution in [1.29, 1.82) is 0 Å². The van der Waals surface area contributed by atoms with Crippen molar-refractivity contribution in [2.24, 2.45) is 5.41 Å². The minimum absolute atomic E-state index is 0.0883. The Morgan fingerprint density at radius 2 is 1.92 bits per heavy atom. The summed E-state index contributed by atoms with van der Waals surface area (Å²) < 4.78 is 7.90. The van der Waals surface area contributed by atoms with E-state index in [0.29, 0.717) is 16.5 Å². The van der Waals surface area contributed by atoms with E-state index in [0.717, 1.165) is 33.5 Å². The van der Waals surface area contributed by atoms with Crippen LogP contribution in [0.5, 0.6) is 5.75 Å². The molecule has 0 bridgehead atoms. The van der Waals surface area contributed by atoms with E-state index in [2.05, 4.69) is 50.0 Å². The zero-order valence-corrected chi connectivity index (χ0v) is 24.5. The predicted molar refractivity (Wildman–Crippen MR) is 160 cm³/mol. The Kier molecular flexibility index (Phi) is 7.17. The highest BCUT2D eigenvalue weighted by molar-refractivity contribution is 7.80. The van der Waals surface area contributed by atoms with Gasteiger partial charge in [0, 0.05) is 46.3 Å². The van der Waals surface area contributed by atoms with Gasteiger partial charge in [-0.3, -0.25) is 14.3 Å². The summed E-state index contributed by atoms with van der Waals surface area (Å²) in [6.45, 7) is 9.84. The minimum Gasteiger partial charge on any atom is -0.494 e. The van der Waals surface area contributed by atoms with Crippen LogP contribution in [-0.4, -0.2) is 32.7 Å². The average Bonchev–Trinajstić information content (AvgIpc) is 3.62. The predicted octanol–water partition coefficient (Wildman–Crippen LogP) is 6.12. The zero-order chi connectivity index (χ0) is 27.9. The second-order valence-corrected chi connectivity index (χ2v) is 11.8. The molecule has 3 aromatic heterocycles. The third-order valence-corrected chi connectivity index (χ3v) is 7.96. The highest BCUT2D eigenvalue weighted by atomic mass is 32.1. The van der Waals surface area contributed by atoms with E-state index >= 15 is 0 Å². The summed E-state index contributed by atoms with van der Waals surface area (Å²) in [5.74, 6) is 0.468. The molecule has 0 saturated carbocycles. The third-order valence-electron chi connectivity index (χ3n) is 6.89. The topological polar surface area (TPSA) is 84.3 Å². The van der Waals surface area contributed by atoms with Crippen LogP contribution in [0.1, 0.15) is 55.5 Å². The van der Waals surface area contributed by atoms with Crippen molar-refractivity contribution in [3.8, 4) is 10.9 Å². The molecule has 1 amide bonds. The number of rotatable bonds is 6. The first-order valence-electron chi connectivity index (χ1n) is 12.7. The summed E-state index contributed by atoms with van der Waals surface area (Å²) in [5, 5.41) is 10.0. The number of nitrogens with zero attached hydrogens (tertiary/aromatic N) is 4. The van der Waals surface area contributed by atoms with Crippen LogP contribution in [0.4, 0.5) is 11.4 Å². The van der Waals surface area contributed by atoms with Crippen LogP contribution in [0.15, 0.2) is 60.2 Å². The van der Waals surface area contributed by atoms with E-state index in [1.807, 2.05) is 68.7 Å². The van der Waals surface area contributed by atoms with E-state index < -0.39 is 5.41 Å². The molecular formula is C29H32N6O2S2. The number of thiocarbonyl (C=S) groups is 1. The molecule has 39 heavy (non-hydrogen) atoms. The van der Waals surface area contributed by atoms with Crippen LogP contribution >= 0.6 is 23.6 Å². The van der Waals surface area contributed by atoms with E-state index in [-0.39, 0.29) is 18.0 Å². The number of ether oxygens (including phenoxy) is 1. The number of nitrogens with one attached hydrogen (secondary N) is 2. The molecule has 0 aliphatic carbocycles. The van der Waals surface area contributed by atoms with Gasteiger partial charge in [0.15, 0.2) is 10.2 Å². The number of thiazole rings is 1. The molecule has 1 saturated heterocycles. The lowest BCUT2D eigenvalue weighted by Gasteiger charge is -2.29. The lowest BCUT2D eigenvalue weighted by atomic mass is 9.95. The Morgan fingerprint density at radius 1 is 1.13 bits per heavy atom. The molecule has 202 valence electrons. The number of hydrogen-bond donors (Lipinski definition) is 2.